The number of methoxy groups -OCH3 is 1. The van der Waals surface area contributed by atoms with Crippen LogP contribution in [0.15, 0.2) is 5.38 Å². The van der Waals surface area contributed by atoms with Crippen LogP contribution in [-0.2, 0) is 21.3 Å². The summed E-state index contributed by atoms with van der Waals surface area (Å²) in [5, 5.41) is 12.8. The summed E-state index contributed by atoms with van der Waals surface area (Å²) in [4.78, 5) is 4.54. The quantitative estimate of drug-likeness (QED) is 0.772. The van der Waals surface area contributed by atoms with Crippen molar-refractivity contribution >= 4 is 11.3 Å². The Bertz CT molecular complexity index is 346. The van der Waals surface area contributed by atoms with Gasteiger partial charge in [0.2, 0.25) is 0 Å². The Morgan fingerprint density at radius 3 is 2.67 bits per heavy atom. The van der Waals surface area contributed by atoms with E-state index >= 15 is 0 Å². The molecule has 5 heteroatoms. The summed E-state index contributed by atoms with van der Waals surface area (Å²) in [5.74, 6) is 0. The lowest BCUT2D eigenvalue weighted by Gasteiger charge is -2.14. The molecular weight excluding hydrogens is 250 g/mol. The van der Waals surface area contributed by atoms with Crippen LogP contribution in [0.1, 0.15) is 31.5 Å². The number of hydrogen-bond donors (Lipinski definition) is 1. The zero-order valence-corrected chi connectivity index (χ0v) is 12.4. The van der Waals surface area contributed by atoms with E-state index in [9.17, 15) is 5.11 Å². The number of aromatic nitrogens is 1. The molecule has 1 unspecified atom stereocenters. The Hall–Kier alpha value is -0.490. The lowest BCUT2D eigenvalue weighted by atomic mass is 9.93. The highest BCUT2D eigenvalue weighted by Gasteiger charge is 2.18. The average molecular weight is 273 g/mol. The molecule has 0 aliphatic heterocycles. The Morgan fingerprint density at radius 1 is 1.39 bits per heavy atom. The Kier molecular flexibility index (Phi) is 6.21. The van der Waals surface area contributed by atoms with Gasteiger partial charge in [0, 0.05) is 24.3 Å². The molecule has 0 aliphatic carbocycles. The van der Waals surface area contributed by atoms with Gasteiger partial charge in [-0.05, 0) is 0 Å². The van der Waals surface area contributed by atoms with E-state index in [0.29, 0.717) is 26.2 Å². The monoisotopic (exact) mass is 273 g/mol. The van der Waals surface area contributed by atoms with Crippen LogP contribution in [0.2, 0.25) is 0 Å². The van der Waals surface area contributed by atoms with E-state index in [-0.39, 0.29) is 5.41 Å². The summed E-state index contributed by atoms with van der Waals surface area (Å²) in [6.07, 6.45) is 0.0501. The van der Waals surface area contributed by atoms with Gasteiger partial charge >= 0.3 is 0 Å². The topological polar surface area (TPSA) is 51.6 Å². The van der Waals surface area contributed by atoms with Gasteiger partial charge in [-0.3, -0.25) is 0 Å². The summed E-state index contributed by atoms with van der Waals surface area (Å²) >= 11 is 1.60. The van der Waals surface area contributed by atoms with Gasteiger partial charge in [-0.2, -0.15) is 0 Å². The van der Waals surface area contributed by atoms with E-state index < -0.39 is 6.10 Å². The molecule has 18 heavy (non-hydrogen) atoms. The number of rotatable bonds is 7. The van der Waals surface area contributed by atoms with E-state index in [1.54, 1.807) is 18.4 Å². The molecule has 0 bridgehead atoms. The predicted molar refractivity (Wildman–Crippen MR) is 73.2 cm³/mol. The van der Waals surface area contributed by atoms with Crippen molar-refractivity contribution in [3.63, 3.8) is 0 Å². The van der Waals surface area contributed by atoms with Crippen LogP contribution in [0.25, 0.3) is 0 Å². The van der Waals surface area contributed by atoms with Gasteiger partial charge in [0.1, 0.15) is 0 Å². The summed E-state index contributed by atoms with van der Waals surface area (Å²) in [6, 6.07) is 0. The van der Waals surface area contributed by atoms with Crippen molar-refractivity contribution in [2.45, 2.75) is 38.7 Å². The lowest BCUT2D eigenvalue weighted by molar-refractivity contribution is 0.0136. The highest BCUT2D eigenvalue weighted by Crippen LogP contribution is 2.24. The molecule has 4 nitrogen and oxygen atoms in total. The zero-order valence-electron chi connectivity index (χ0n) is 11.6. The third-order valence-corrected chi connectivity index (χ3v) is 3.34. The van der Waals surface area contributed by atoms with Crippen LogP contribution >= 0.6 is 11.3 Å². The molecular formula is C13H23NO3S. The Balaban J connectivity index is 2.35. The fourth-order valence-electron chi connectivity index (χ4n) is 1.37. The summed E-state index contributed by atoms with van der Waals surface area (Å²) < 4.78 is 10.1. The van der Waals surface area contributed by atoms with Crippen LogP contribution < -0.4 is 0 Å². The minimum absolute atomic E-state index is 0.0642. The first-order valence-corrected chi connectivity index (χ1v) is 7.01. The van der Waals surface area contributed by atoms with Crippen molar-refractivity contribution in [1.29, 1.82) is 0 Å². The molecule has 0 saturated carbocycles. The highest BCUT2D eigenvalue weighted by atomic mass is 32.1. The molecule has 0 aromatic carbocycles. The first-order chi connectivity index (χ1) is 8.43. The van der Waals surface area contributed by atoms with Crippen molar-refractivity contribution in [3.05, 3.63) is 16.1 Å². The smallest absolute Gasteiger partial charge is 0.0955 e. The normalized spacial score (nSPS) is 13.8. The summed E-state index contributed by atoms with van der Waals surface area (Å²) in [5.41, 5.74) is 1.14. The number of thiazole rings is 1. The molecule has 0 saturated heterocycles. The summed E-state index contributed by atoms with van der Waals surface area (Å²) in [7, 11) is 1.63. The van der Waals surface area contributed by atoms with Crippen molar-refractivity contribution in [3.8, 4) is 0 Å². The first-order valence-electron chi connectivity index (χ1n) is 6.13. The number of ether oxygens (including phenoxy) is 2. The van der Waals surface area contributed by atoms with Gasteiger partial charge < -0.3 is 14.6 Å². The maximum atomic E-state index is 9.81. The molecule has 1 aromatic rings. The van der Waals surface area contributed by atoms with E-state index in [4.69, 9.17) is 9.47 Å². The first kappa shape index (κ1) is 15.6. The van der Waals surface area contributed by atoms with Crippen molar-refractivity contribution < 1.29 is 14.6 Å². The SMILES string of the molecule is COCCOCC(O)Cc1nc(C(C)(C)C)cs1. The average Bonchev–Trinajstić information content (AvgIpc) is 2.72. The van der Waals surface area contributed by atoms with Crippen molar-refractivity contribution in [2.24, 2.45) is 0 Å². The fourth-order valence-corrected chi connectivity index (χ4v) is 2.46. The maximum Gasteiger partial charge on any atom is 0.0955 e. The predicted octanol–water partition coefficient (Wildman–Crippen LogP) is 2.01. The molecule has 0 spiro atoms. The van der Waals surface area contributed by atoms with E-state index in [2.05, 4.69) is 31.1 Å². The molecule has 0 amide bonds. The van der Waals surface area contributed by atoms with Gasteiger partial charge in [0.05, 0.1) is 36.6 Å². The molecule has 0 aliphatic rings. The largest absolute Gasteiger partial charge is 0.390 e. The van der Waals surface area contributed by atoms with Crippen LogP contribution in [0.5, 0.6) is 0 Å². The van der Waals surface area contributed by atoms with Crippen molar-refractivity contribution in [1.82, 2.24) is 4.98 Å². The van der Waals surface area contributed by atoms with Crippen LogP contribution in [0, 0.1) is 0 Å². The number of aliphatic hydroxyl groups excluding tert-OH is 1. The van der Waals surface area contributed by atoms with E-state index in [0.717, 1.165) is 10.7 Å². The zero-order chi connectivity index (χ0) is 13.6. The maximum absolute atomic E-state index is 9.81. The third kappa shape index (κ3) is 5.44. The minimum atomic E-state index is -0.499. The van der Waals surface area contributed by atoms with Gasteiger partial charge in [-0.15, -0.1) is 11.3 Å². The highest BCUT2D eigenvalue weighted by molar-refractivity contribution is 7.09. The molecule has 1 heterocycles. The number of aliphatic hydroxyl groups is 1. The second-order valence-corrected chi connectivity index (χ2v) is 6.24. The van der Waals surface area contributed by atoms with Gasteiger partial charge in [-0.1, -0.05) is 20.8 Å². The van der Waals surface area contributed by atoms with Crippen molar-refractivity contribution in [2.75, 3.05) is 26.9 Å². The van der Waals surface area contributed by atoms with Gasteiger partial charge in [0.15, 0.2) is 0 Å². The molecule has 1 N–H and O–H groups in total. The van der Waals surface area contributed by atoms with Crippen LogP contribution in [0.4, 0.5) is 0 Å². The standard InChI is InChI=1S/C13H23NO3S/c1-13(2,3)11-9-18-12(14-11)7-10(15)8-17-6-5-16-4/h9-10,15H,5-8H2,1-4H3. The molecule has 104 valence electrons. The molecule has 1 atom stereocenters. The van der Waals surface area contributed by atoms with Gasteiger partial charge in [-0.25, -0.2) is 4.98 Å². The fraction of sp³-hybridized carbons (Fsp3) is 0.769. The molecule has 0 fully saturated rings. The van der Waals surface area contributed by atoms with E-state index in [1.807, 2.05) is 0 Å². The molecule has 1 rings (SSSR count). The second-order valence-electron chi connectivity index (χ2n) is 5.30. The van der Waals surface area contributed by atoms with Gasteiger partial charge in [0.25, 0.3) is 0 Å². The number of nitrogens with zero attached hydrogens (tertiary/aromatic N) is 1. The summed E-state index contributed by atoms with van der Waals surface area (Å²) in [6.45, 7) is 7.80. The second kappa shape index (κ2) is 7.19. The Morgan fingerprint density at radius 2 is 2.11 bits per heavy atom. The molecule has 1 aromatic heterocycles. The number of hydrogen-bond acceptors (Lipinski definition) is 5. The van der Waals surface area contributed by atoms with Crippen LogP contribution in [0.3, 0.4) is 0 Å². The van der Waals surface area contributed by atoms with E-state index in [1.165, 1.54) is 0 Å². The van der Waals surface area contributed by atoms with Crippen LogP contribution in [-0.4, -0.2) is 43.1 Å². The molecule has 0 radical (unpaired) electrons. The third-order valence-electron chi connectivity index (χ3n) is 2.47. The Labute approximate surface area is 113 Å². The lowest BCUT2D eigenvalue weighted by Crippen LogP contribution is -2.20. The minimum Gasteiger partial charge on any atom is -0.390 e.